The van der Waals surface area contributed by atoms with E-state index in [2.05, 4.69) is 9.72 Å². The second-order valence-corrected chi connectivity index (χ2v) is 3.96. The molecule has 0 spiro atoms. The van der Waals surface area contributed by atoms with Crippen molar-refractivity contribution in [3.63, 3.8) is 0 Å². The van der Waals surface area contributed by atoms with Crippen molar-refractivity contribution in [2.24, 2.45) is 0 Å². The molecule has 1 N–H and O–H groups in total. The lowest BCUT2D eigenvalue weighted by molar-refractivity contribution is 0.0478. The number of halogens is 3. The Balaban J connectivity index is 2.78. The maximum absolute atomic E-state index is 13.1. The molecular formula is C11H8ClF2NO4. The number of fused-ring (bicyclic) bond motifs is 1. The number of aromatic amines is 1. The van der Waals surface area contributed by atoms with Crippen molar-refractivity contribution in [1.82, 2.24) is 4.98 Å². The van der Waals surface area contributed by atoms with Crippen LogP contribution in [0.1, 0.15) is 29.5 Å². The Kier molecular flexibility index (Phi) is 3.57. The van der Waals surface area contributed by atoms with E-state index in [9.17, 15) is 18.4 Å². The first kappa shape index (κ1) is 13.5. The highest BCUT2D eigenvalue weighted by atomic mass is 35.5. The first-order valence-corrected chi connectivity index (χ1v) is 5.64. The standard InChI is InChI=1S/C11H8ClF2NO4/c1-2-18-11(17)8-7(9(13)14)6-4(12)3-5(16)15-10(6)19-8/h3,9H,2H2,1H3,(H,15,16). The van der Waals surface area contributed by atoms with Gasteiger partial charge in [0.05, 0.1) is 22.6 Å². The van der Waals surface area contributed by atoms with Crippen LogP contribution in [0.2, 0.25) is 5.02 Å². The van der Waals surface area contributed by atoms with E-state index in [1.165, 1.54) is 6.92 Å². The molecule has 0 aliphatic rings. The zero-order valence-electron chi connectivity index (χ0n) is 9.63. The van der Waals surface area contributed by atoms with Crippen LogP contribution in [0.3, 0.4) is 0 Å². The number of hydrogen-bond donors (Lipinski definition) is 1. The summed E-state index contributed by atoms with van der Waals surface area (Å²) in [5.41, 5.74) is -1.59. The number of esters is 1. The Labute approximate surface area is 110 Å². The number of ether oxygens (including phenoxy) is 1. The maximum atomic E-state index is 13.1. The smallest absolute Gasteiger partial charge is 0.374 e. The zero-order valence-corrected chi connectivity index (χ0v) is 10.4. The van der Waals surface area contributed by atoms with Gasteiger partial charge in [-0.1, -0.05) is 11.6 Å². The third-order valence-corrected chi connectivity index (χ3v) is 2.66. The van der Waals surface area contributed by atoms with Gasteiger partial charge in [0.2, 0.25) is 11.5 Å². The minimum atomic E-state index is -3.00. The van der Waals surface area contributed by atoms with Gasteiger partial charge < -0.3 is 9.15 Å². The molecule has 0 saturated heterocycles. The summed E-state index contributed by atoms with van der Waals surface area (Å²) >= 11 is 5.74. The van der Waals surface area contributed by atoms with Gasteiger partial charge in [-0.25, -0.2) is 13.6 Å². The molecule has 2 rings (SSSR count). The van der Waals surface area contributed by atoms with E-state index in [0.29, 0.717) is 0 Å². The molecule has 0 amide bonds. The number of rotatable bonds is 3. The highest BCUT2D eigenvalue weighted by Crippen LogP contribution is 2.36. The molecule has 0 bridgehead atoms. The third kappa shape index (κ3) is 2.33. The van der Waals surface area contributed by atoms with E-state index in [4.69, 9.17) is 16.0 Å². The number of carbonyl (C=O) groups is 1. The van der Waals surface area contributed by atoms with Gasteiger partial charge in [-0.05, 0) is 6.92 Å². The summed E-state index contributed by atoms with van der Waals surface area (Å²) in [4.78, 5) is 24.9. The van der Waals surface area contributed by atoms with Crippen LogP contribution >= 0.6 is 11.6 Å². The average Bonchev–Trinajstić information content (AvgIpc) is 2.68. The Bertz CT molecular complexity index is 692. The van der Waals surface area contributed by atoms with E-state index < -0.39 is 29.3 Å². The summed E-state index contributed by atoms with van der Waals surface area (Å²) in [6.45, 7) is 1.53. The number of H-pyrrole nitrogens is 1. The largest absolute Gasteiger partial charge is 0.460 e. The number of nitrogens with one attached hydrogen (secondary N) is 1. The first-order valence-electron chi connectivity index (χ1n) is 5.26. The Hall–Kier alpha value is -1.89. The Morgan fingerprint density at radius 2 is 2.26 bits per heavy atom. The molecule has 0 unspecified atom stereocenters. The molecule has 0 atom stereocenters. The molecule has 0 radical (unpaired) electrons. The molecule has 0 fully saturated rings. The van der Waals surface area contributed by atoms with Crippen molar-refractivity contribution < 1.29 is 22.7 Å². The Morgan fingerprint density at radius 1 is 1.58 bits per heavy atom. The molecule has 0 saturated carbocycles. The third-order valence-electron chi connectivity index (χ3n) is 2.36. The summed E-state index contributed by atoms with van der Waals surface area (Å²) in [6.07, 6.45) is -3.00. The minimum Gasteiger partial charge on any atom is -0.460 e. The summed E-state index contributed by atoms with van der Waals surface area (Å²) in [6, 6.07) is 0.931. The van der Waals surface area contributed by atoms with Crippen molar-refractivity contribution in [3.05, 3.63) is 32.8 Å². The van der Waals surface area contributed by atoms with Gasteiger partial charge in [-0.3, -0.25) is 9.78 Å². The molecule has 5 nitrogen and oxygen atoms in total. The van der Waals surface area contributed by atoms with Crippen LogP contribution in [-0.2, 0) is 4.74 Å². The predicted molar refractivity (Wildman–Crippen MR) is 62.8 cm³/mol. The molecule has 0 aliphatic carbocycles. The number of hydrogen-bond acceptors (Lipinski definition) is 4. The first-order chi connectivity index (χ1) is 8.95. The number of furan rings is 1. The second kappa shape index (κ2) is 5.00. The van der Waals surface area contributed by atoms with E-state index >= 15 is 0 Å². The number of carbonyl (C=O) groups excluding carboxylic acids is 1. The maximum Gasteiger partial charge on any atom is 0.374 e. The zero-order chi connectivity index (χ0) is 14.2. The lowest BCUT2D eigenvalue weighted by Gasteiger charge is -2.01. The van der Waals surface area contributed by atoms with Crippen molar-refractivity contribution >= 4 is 28.7 Å². The SMILES string of the molecule is CCOC(=O)c1oc2[nH]c(=O)cc(Cl)c2c1C(F)F. The molecular weight excluding hydrogens is 284 g/mol. The minimum absolute atomic E-state index is 0.00279. The van der Waals surface area contributed by atoms with Crippen molar-refractivity contribution in [3.8, 4) is 0 Å². The summed E-state index contributed by atoms with van der Waals surface area (Å²) in [5, 5.41) is -0.410. The molecule has 0 aromatic carbocycles. The fraction of sp³-hybridized carbons (Fsp3) is 0.273. The van der Waals surface area contributed by atoms with Crippen LogP contribution in [0.5, 0.6) is 0 Å². The summed E-state index contributed by atoms with van der Waals surface area (Å²) in [7, 11) is 0. The van der Waals surface area contributed by atoms with Gasteiger partial charge in [0.25, 0.3) is 12.0 Å². The van der Waals surface area contributed by atoms with Crippen LogP contribution in [0.15, 0.2) is 15.3 Å². The highest BCUT2D eigenvalue weighted by Gasteiger charge is 2.29. The monoisotopic (exact) mass is 291 g/mol. The van der Waals surface area contributed by atoms with Gasteiger partial charge in [-0.15, -0.1) is 0 Å². The van der Waals surface area contributed by atoms with Gasteiger partial charge in [0.15, 0.2) is 0 Å². The van der Waals surface area contributed by atoms with E-state index in [-0.39, 0.29) is 22.7 Å². The van der Waals surface area contributed by atoms with Crippen LogP contribution in [0.4, 0.5) is 8.78 Å². The van der Waals surface area contributed by atoms with Crippen LogP contribution in [0.25, 0.3) is 11.1 Å². The van der Waals surface area contributed by atoms with Gasteiger partial charge in [-0.2, -0.15) is 0 Å². The summed E-state index contributed by atoms with van der Waals surface area (Å²) in [5.74, 6) is -1.69. The molecule has 8 heteroatoms. The lowest BCUT2D eigenvalue weighted by atomic mass is 10.1. The van der Waals surface area contributed by atoms with E-state index in [0.717, 1.165) is 6.07 Å². The quantitative estimate of drug-likeness (QED) is 0.883. The fourth-order valence-corrected chi connectivity index (χ4v) is 1.95. The van der Waals surface area contributed by atoms with Crippen LogP contribution < -0.4 is 5.56 Å². The molecule has 2 heterocycles. The molecule has 19 heavy (non-hydrogen) atoms. The molecule has 102 valence electrons. The molecule has 0 aliphatic heterocycles. The molecule has 2 aromatic rings. The molecule has 2 aromatic heterocycles. The average molecular weight is 292 g/mol. The van der Waals surface area contributed by atoms with Crippen molar-refractivity contribution in [2.75, 3.05) is 6.61 Å². The van der Waals surface area contributed by atoms with Crippen LogP contribution in [-0.4, -0.2) is 17.6 Å². The summed E-state index contributed by atoms with van der Waals surface area (Å²) < 4.78 is 35.7. The van der Waals surface area contributed by atoms with Crippen molar-refractivity contribution in [1.29, 1.82) is 0 Å². The van der Waals surface area contributed by atoms with Gasteiger partial charge in [0, 0.05) is 6.07 Å². The number of alkyl halides is 2. The van der Waals surface area contributed by atoms with E-state index in [1.54, 1.807) is 0 Å². The Morgan fingerprint density at radius 3 is 2.84 bits per heavy atom. The number of aromatic nitrogens is 1. The fourth-order valence-electron chi connectivity index (χ4n) is 1.66. The van der Waals surface area contributed by atoms with Crippen molar-refractivity contribution in [2.45, 2.75) is 13.3 Å². The van der Waals surface area contributed by atoms with Gasteiger partial charge in [0.1, 0.15) is 0 Å². The van der Waals surface area contributed by atoms with Crippen LogP contribution in [0, 0.1) is 0 Å². The predicted octanol–water partition coefficient (Wildman–Crippen LogP) is 2.89. The topological polar surface area (TPSA) is 72.3 Å². The highest BCUT2D eigenvalue weighted by molar-refractivity contribution is 6.35. The lowest BCUT2D eigenvalue weighted by Crippen LogP contribution is -2.06. The number of pyridine rings is 1. The second-order valence-electron chi connectivity index (χ2n) is 3.55. The normalized spacial score (nSPS) is 11.2. The van der Waals surface area contributed by atoms with E-state index in [1.807, 2.05) is 0 Å². The van der Waals surface area contributed by atoms with Gasteiger partial charge >= 0.3 is 5.97 Å².